The van der Waals surface area contributed by atoms with E-state index in [-0.39, 0.29) is 5.84 Å². The summed E-state index contributed by atoms with van der Waals surface area (Å²) in [6.07, 6.45) is 7.27. The van der Waals surface area contributed by atoms with Gasteiger partial charge in [-0.15, -0.1) is 0 Å². The number of alkyl halides is 1. The highest BCUT2D eigenvalue weighted by Gasteiger charge is 2.20. The molecule has 0 amide bonds. The summed E-state index contributed by atoms with van der Waals surface area (Å²) in [7, 11) is 0. The first-order valence-electron chi connectivity index (χ1n) is 6.53. The predicted octanol–water partition coefficient (Wildman–Crippen LogP) is 1.64. The molecule has 1 aliphatic rings. The molecule has 0 aromatic carbocycles. The van der Waals surface area contributed by atoms with Gasteiger partial charge in [-0.3, -0.25) is 5.43 Å². The van der Waals surface area contributed by atoms with Crippen molar-refractivity contribution in [1.82, 2.24) is 15.2 Å². The van der Waals surface area contributed by atoms with Gasteiger partial charge in [-0.05, 0) is 31.7 Å². The molecule has 0 unspecified atom stereocenters. The fourth-order valence-electron chi connectivity index (χ4n) is 2.26. The highest BCUT2D eigenvalue weighted by molar-refractivity contribution is 5.84. The Labute approximate surface area is 112 Å². The van der Waals surface area contributed by atoms with E-state index >= 15 is 0 Å². The summed E-state index contributed by atoms with van der Waals surface area (Å²) in [5.74, 6) is 0.584. The van der Waals surface area contributed by atoms with Gasteiger partial charge < -0.3 is 5.73 Å². The van der Waals surface area contributed by atoms with E-state index in [0.717, 1.165) is 31.4 Å². The van der Waals surface area contributed by atoms with Crippen LogP contribution in [0.15, 0.2) is 35.8 Å². The molecule has 5 nitrogen and oxygen atoms in total. The van der Waals surface area contributed by atoms with Gasteiger partial charge in [0.2, 0.25) is 0 Å². The van der Waals surface area contributed by atoms with Crippen molar-refractivity contribution in [2.45, 2.75) is 31.7 Å². The average Bonchev–Trinajstić information content (AvgIpc) is 2.94. The summed E-state index contributed by atoms with van der Waals surface area (Å²) < 4.78 is 14.3. The van der Waals surface area contributed by atoms with Gasteiger partial charge in [0.15, 0.2) is 12.5 Å². The Balaban J connectivity index is 1.91. The fraction of sp³-hybridized carbons (Fsp3) is 0.538. The standard InChI is InChI=1S/C13H20FN5/c1-10(11-3-5-12(15)6-4-11)17-18-13(9-14)19-8-2-7-16-19/h2,7-8,11-12,17H,1,3-6,9,15H2/b18-13+. The molecule has 0 radical (unpaired) electrons. The summed E-state index contributed by atoms with van der Waals surface area (Å²) in [5, 5.41) is 7.99. The second-order valence-electron chi connectivity index (χ2n) is 4.86. The van der Waals surface area contributed by atoms with E-state index in [4.69, 9.17) is 5.73 Å². The van der Waals surface area contributed by atoms with Crippen molar-refractivity contribution in [3.8, 4) is 0 Å². The van der Waals surface area contributed by atoms with Gasteiger partial charge in [0.1, 0.15) is 0 Å². The lowest BCUT2D eigenvalue weighted by Gasteiger charge is -2.27. The van der Waals surface area contributed by atoms with E-state index in [1.165, 1.54) is 4.68 Å². The summed E-state index contributed by atoms with van der Waals surface area (Å²) in [6, 6.07) is 2.03. The van der Waals surface area contributed by atoms with E-state index in [1.54, 1.807) is 18.5 Å². The van der Waals surface area contributed by atoms with E-state index in [9.17, 15) is 4.39 Å². The maximum Gasteiger partial charge on any atom is 0.181 e. The minimum Gasteiger partial charge on any atom is -0.328 e. The van der Waals surface area contributed by atoms with E-state index in [1.807, 2.05) is 0 Å². The number of nitrogens with two attached hydrogens (primary N) is 1. The van der Waals surface area contributed by atoms with Gasteiger partial charge in [-0.25, -0.2) is 9.07 Å². The van der Waals surface area contributed by atoms with Crippen molar-refractivity contribution in [2.24, 2.45) is 16.8 Å². The largest absolute Gasteiger partial charge is 0.328 e. The Morgan fingerprint density at radius 2 is 2.21 bits per heavy atom. The fourth-order valence-corrected chi connectivity index (χ4v) is 2.26. The molecule has 3 N–H and O–H groups in total. The molecule has 6 heteroatoms. The van der Waals surface area contributed by atoms with Crippen molar-refractivity contribution in [2.75, 3.05) is 6.67 Å². The van der Waals surface area contributed by atoms with Crippen LogP contribution in [-0.2, 0) is 0 Å². The predicted molar refractivity (Wildman–Crippen MR) is 73.2 cm³/mol. The molecule has 1 fully saturated rings. The van der Waals surface area contributed by atoms with Crippen molar-refractivity contribution in [1.29, 1.82) is 0 Å². The molecule has 0 spiro atoms. The van der Waals surface area contributed by atoms with Crippen LogP contribution in [0.5, 0.6) is 0 Å². The Morgan fingerprint density at radius 1 is 1.47 bits per heavy atom. The summed E-state index contributed by atoms with van der Waals surface area (Å²) in [6.45, 7) is 3.30. The molecule has 104 valence electrons. The highest BCUT2D eigenvalue weighted by atomic mass is 19.1. The molecule has 2 rings (SSSR count). The number of hydrogen-bond acceptors (Lipinski definition) is 4. The molecule has 19 heavy (non-hydrogen) atoms. The van der Waals surface area contributed by atoms with Crippen molar-refractivity contribution in [3.63, 3.8) is 0 Å². The van der Waals surface area contributed by atoms with Crippen LogP contribution < -0.4 is 11.2 Å². The molecular formula is C13H20FN5. The number of nitrogens with one attached hydrogen (secondary N) is 1. The number of aromatic nitrogens is 2. The number of allylic oxidation sites excluding steroid dienone is 1. The quantitative estimate of drug-likeness (QED) is 0.494. The normalized spacial score (nSPS) is 24.2. The number of rotatable bonds is 4. The third-order valence-electron chi connectivity index (χ3n) is 3.48. The monoisotopic (exact) mass is 265 g/mol. The maximum atomic E-state index is 12.9. The molecule has 1 aromatic rings. The first-order chi connectivity index (χ1) is 9.20. The summed E-state index contributed by atoms with van der Waals surface area (Å²) in [5.41, 5.74) is 9.55. The van der Waals surface area contributed by atoms with Crippen LogP contribution in [0.1, 0.15) is 25.7 Å². The van der Waals surface area contributed by atoms with Crippen LogP contribution in [0, 0.1) is 5.92 Å². The minimum atomic E-state index is -0.683. The van der Waals surface area contributed by atoms with Gasteiger partial charge >= 0.3 is 0 Å². The van der Waals surface area contributed by atoms with Gasteiger partial charge in [0.25, 0.3) is 0 Å². The maximum absolute atomic E-state index is 12.9. The van der Waals surface area contributed by atoms with Crippen molar-refractivity contribution >= 4 is 5.84 Å². The molecule has 0 bridgehead atoms. The second kappa shape index (κ2) is 6.47. The van der Waals surface area contributed by atoms with Crippen molar-refractivity contribution in [3.05, 3.63) is 30.7 Å². The van der Waals surface area contributed by atoms with E-state index in [2.05, 4.69) is 22.2 Å². The van der Waals surface area contributed by atoms with Crippen LogP contribution in [0.25, 0.3) is 0 Å². The lowest BCUT2D eigenvalue weighted by molar-refractivity contribution is 0.352. The third-order valence-corrected chi connectivity index (χ3v) is 3.48. The van der Waals surface area contributed by atoms with Crippen LogP contribution in [0.2, 0.25) is 0 Å². The van der Waals surface area contributed by atoms with Crippen molar-refractivity contribution < 1.29 is 4.39 Å². The smallest absolute Gasteiger partial charge is 0.181 e. The zero-order chi connectivity index (χ0) is 13.7. The molecule has 1 heterocycles. The summed E-state index contributed by atoms with van der Waals surface area (Å²) >= 11 is 0. The molecule has 1 aromatic heterocycles. The van der Waals surface area contributed by atoms with Crippen LogP contribution in [0.4, 0.5) is 4.39 Å². The highest BCUT2D eigenvalue weighted by Crippen LogP contribution is 2.27. The van der Waals surface area contributed by atoms with Crippen LogP contribution in [0.3, 0.4) is 0 Å². The Hall–Kier alpha value is -1.69. The molecule has 0 saturated heterocycles. The van der Waals surface area contributed by atoms with Gasteiger partial charge in [-0.1, -0.05) is 6.58 Å². The molecule has 1 saturated carbocycles. The lowest BCUT2D eigenvalue weighted by atomic mass is 9.85. The SMILES string of the molecule is C=C(N/N=C(\CF)n1cccn1)C1CCC(N)CC1. The first-order valence-corrected chi connectivity index (χ1v) is 6.53. The second-order valence-corrected chi connectivity index (χ2v) is 4.86. The number of nitrogens with zero attached hydrogens (tertiary/aromatic N) is 3. The topological polar surface area (TPSA) is 68.2 Å². The number of hydrazone groups is 1. The van der Waals surface area contributed by atoms with E-state index < -0.39 is 6.67 Å². The molecule has 0 atom stereocenters. The lowest BCUT2D eigenvalue weighted by Crippen LogP contribution is -2.29. The number of halogens is 1. The molecule has 1 aliphatic carbocycles. The summed E-state index contributed by atoms with van der Waals surface area (Å²) in [4.78, 5) is 0. The van der Waals surface area contributed by atoms with E-state index in [0.29, 0.717) is 12.0 Å². The zero-order valence-electron chi connectivity index (χ0n) is 10.9. The Kier molecular flexibility index (Phi) is 4.68. The van der Waals surface area contributed by atoms with Gasteiger partial charge in [0, 0.05) is 30.1 Å². The van der Waals surface area contributed by atoms with Gasteiger partial charge in [0.05, 0.1) is 0 Å². The molecular weight excluding hydrogens is 245 g/mol. The average molecular weight is 265 g/mol. The van der Waals surface area contributed by atoms with Crippen LogP contribution >= 0.6 is 0 Å². The Morgan fingerprint density at radius 3 is 2.79 bits per heavy atom. The first kappa shape index (κ1) is 13.7. The number of hydrogen-bond donors (Lipinski definition) is 2. The third kappa shape index (κ3) is 3.64. The molecule has 0 aliphatic heterocycles. The Bertz CT molecular complexity index is 432. The van der Waals surface area contributed by atoms with Gasteiger partial charge in [-0.2, -0.15) is 10.2 Å². The van der Waals surface area contributed by atoms with Crippen LogP contribution in [-0.4, -0.2) is 28.3 Å². The minimum absolute atomic E-state index is 0.221. The zero-order valence-corrected chi connectivity index (χ0v) is 10.9.